The summed E-state index contributed by atoms with van der Waals surface area (Å²) in [4.78, 5) is 24.4. The van der Waals surface area contributed by atoms with Crippen LogP contribution < -0.4 is 0 Å². The molecule has 0 amide bonds. The summed E-state index contributed by atoms with van der Waals surface area (Å²) in [6, 6.07) is 14.3. The Bertz CT molecular complexity index is 616. The van der Waals surface area contributed by atoms with Gasteiger partial charge in [0.2, 0.25) is 0 Å². The van der Waals surface area contributed by atoms with E-state index in [-0.39, 0.29) is 12.2 Å². The van der Waals surface area contributed by atoms with E-state index < -0.39 is 5.97 Å². The number of Topliss-reactive ketones (excluding diaryl/α,β-unsaturated/α-hetero) is 1. The lowest BCUT2D eigenvalue weighted by Gasteiger charge is -2.00. The number of aryl methyl sites for hydroxylation is 2. The summed E-state index contributed by atoms with van der Waals surface area (Å²) in [5.74, 6) is -0.791. The van der Waals surface area contributed by atoms with Gasteiger partial charge in [-0.2, -0.15) is 0 Å². The van der Waals surface area contributed by atoms with Gasteiger partial charge < -0.3 is 5.11 Å². The first kappa shape index (κ1) is 16.4. The zero-order valence-corrected chi connectivity index (χ0v) is 13.3. The van der Waals surface area contributed by atoms with E-state index in [9.17, 15) is 9.59 Å². The van der Waals surface area contributed by atoms with Gasteiger partial charge in [0.15, 0.2) is 5.78 Å². The molecule has 116 valence electrons. The predicted molar refractivity (Wildman–Crippen MR) is 88.6 cm³/mol. The predicted octanol–water partition coefficient (Wildman–Crippen LogP) is 4.36. The minimum absolute atomic E-state index is 0.0561. The Balaban J connectivity index is 1.76. The van der Waals surface area contributed by atoms with E-state index in [2.05, 4.69) is 12.1 Å². The maximum absolute atomic E-state index is 12.0. The number of hydrogen-bond acceptors (Lipinski definition) is 3. The topological polar surface area (TPSA) is 54.4 Å². The van der Waals surface area contributed by atoms with Crippen molar-refractivity contribution in [1.29, 1.82) is 0 Å². The van der Waals surface area contributed by atoms with Crippen LogP contribution in [0.5, 0.6) is 0 Å². The Hall–Kier alpha value is -1.94. The van der Waals surface area contributed by atoms with E-state index in [1.807, 2.05) is 30.3 Å². The molecule has 1 aromatic heterocycles. The maximum Gasteiger partial charge on any atom is 0.303 e. The molecule has 0 unspecified atom stereocenters. The average Bonchev–Trinajstić information content (AvgIpc) is 2.97. The molecule has 0 fully saturated rings. The van der Waals surface area contributed by atoms with E-state index in [0.29, 0.717) is 12.8 Å². The Labute approximate surface area is 134 Å². The number of carbonyl (C=O) groups excluding carboxylic acids is 1. The second kappa shape index (κ2) is 8.49. The van der Waals surface area contributed by atoms with Gasteiger partial charge in [-0.05, 0) is 43.4 Å². The van der Waals surface area contributed by atoms with E-state index >= 15 is 0 Å². The highest BCUT2D eigenvalue weighted by Gasteiger charge is 2.10. The Morgan fingerprint density at radius 1 is 0.909 bits per heavy atom. The first-order valence-corrected chi connectivity index (χ1v) is 8.34. The van der Waals surface area contributed by atoms with Crippen LogP contribution in [0, 0.1) is 0 Å². The minimum atomic E-state index is -0.847. The summed E-state index contributed by atoms with van der Waals surface area (Å²) in [5, 5.41) is 8.58. The molecule has 0 radical (unpaired) electrons. The quantitative estimate of drug-likeness (QED) is 0.699. The van der Waals surface area contributed by atoms with E-state index in [1.165, 1.54) is 21.8 Å². The molecule has 0 aliphatic rings. The molecule has 22 heavy (non-hydrogen) atoms. The second-order valence-electron chi connectivity index (χ2n) is 5.28. The number of carbonyl (C=O) groups is 2. The summed E-state index contributed by atoms with van der Waals surface area (Å²) in [6.07, 6.45) is 3.87. The van der Waals surface area contributed by atoms with Crippen molar-refractivity contribution in [2.75, 3.05) is 0 Å². The van der Waals surface area contributed by atoms with Crippen LogP contribution in [0.15, 0.2) is 42.5 Å². The van der Waals surface area contributed by atoms with Gasteiger partial charge >= 0.3 is 5.97 Å². The zero-order chi connectivity index (χ0) is 15.8. The monoisotopic (exact) mass is 316 g/mol. The van der Waals surface area contributed by atoms with Crippen molar-refractivity contribution in [2.45, 2.75) is 38.5 Å². The summed E-state index contributed by atoms with van der Waals surface area (Å²) in [5.41, 5.74) is 1.34. The lowest BCUT2D eigenvalue weighted by atomic mass is 10.1. The van der Waals surface area contributed by atoms with Gasteiger partial charge in [0.05, 0.1) is 4.88 Å². The maximum atomic E-state index is 12.0. The molecule has 0 atom stereocenters. The average molecular weight is 316 g/mol. The fourth-order valence-corrected chi connectivity index (χ4v) is 3.31. The smallest absolute Gasteiger partial charge is 0.303 e. The van der Waals surface area contributed by atoms with Crippen LogP contribution in [-0.4, -0.2) is 16.9 Å². The molecule has 0 aliphatic carbocycles. The number of carboxylic acid groups (broad SMARTS) is 1. The highest BCUT2D eigenvalue weighted by molar-refractivity contribution is 7.14. The van der Waals surface area contributed by atoms with Crippen LogP contribution >= 0.6 is 11.3 Å². The van der Waals surface area contributed by atoms with E-state index in [4.69, 9.17) is 5.11 Å². The summed E-state index contributed by atoms with van der Waals surface area (Å²) >= 11 is 1.54. The molecular formula is C18H20O3S. The van der Waals surface area contributed by atoms with Crippen LogP contribution in [0.4, 0.5) is 0 Å². The van der Waals surface area contributed by atoms with Gasteiger partial charge in [-0.1, -0.05) is 30.3 Å². The second-order valence-corrected chi connectivity index (χ2v) is 6.44. The van der Waals surface area contributed by atoms with E-state index in [1.54, 1.807) is 0 Å². The molecule has 1 N–H and O–H groups in total. The molecular weight excluding hydrogens is 296 g/mol. The third-order valence-corrected chi connectivity index (χ3v) is 4.65. The van der Waals surface area contributed by atoms with Crippen molar-refractivity contribution in [3.63, 3.8) is 0 Å². The number of hydrogen-bond donors (Lipinski definition) is 1. The highest BCUT2D eigenvalue weighted by atomic mass is 32.1. The van der Waals surface area contributed by atoms with Crippen LogP contribution in [-0.2, 0) is 17.6 Å². The molecule has 2 rings (SSSR count). The van der Waals surface area contributed by atoms with Crippen LogP contribution in [0.1, 0.15) is 45.8 Å². The van der Waals surface area contributed by atoms with Crippen LogP contribution in [0.25, 0.3) is 0 Å². The SMILES string of the molecule is O=C(O)CCCC(=O)c1ccc(CCCc2ccccc2)s1. The lowest BCUT2D eigenvalue weighted by Crippen LogP contribution is -1.99. The first-order chi connectivity index (χ1) is 10.6. The van der Waals surface area contributed by atoms with E-state index in [0.717, 1.165) is 24.1 Å². The van der Waals surface area contributed by atoms with Crippen molar-refractivity contribution < 1.29 is 14.7 Å². The zero-order valence-electron chi connectivity index (χ0n) is 12.5. The Morgan fingerprint density at radius 3 is 2.41 bits per heavy atom. The largest absolute Gasteiger partial charge is 0.481 e. The van der Waals surface area contributed by atoms with Crippen molar-refractivity contribution in [3.05, 3.63) is 57.8 Å². The van der Waals surface area contributed by atoms with Crippen molar-refractivity contribution in [2.24, 2.45) is 0 Å². The molecule has 1 aromatic carbocycles. The van der Waals surface area contributed by atoms with Crippen molar-refractivity contribution in [1.82, 2.24) is 0 Å². The summed E-state index contributed by atoms with van der Waals surface area (Å²) in [6.45, 7) is 0. The number of thiophene rings is 1. The van der Waals surface area contributed by atoms with Crippen molar-refractivity contribution in [3.8, 4) is 0 Å². The Morgan fingerprint density at radius 2 is 1.68 bits per heavy atom. The fraction of sp³-hybridized carbons (Fsp3) is 0.333. The number of ketones is 1. The third-order valence-electron chi connectivity index (χ3n) is 3.46. The van der Waals surface area contributed by atoms with Gasteiger partial charge in [-0.3, -0.25) is 9.59 Å². The lowest BCUT2D eigenvalue weighted by molar-refractivity contribution is -0.137. The number of rotatable bonds is 9. The summed E-state index contributed by atoms with van der Waals surface area (Å²) in [7, 11) is 0. The van der Waals surface area contributed by atoms with Crippen LogP contribution in [0.3, 0.4) is 0 Å². The molecule has 0 bridgehead atoms. The molecule has 2 aromatic rings. The molecule has 1 heterocycles. The minimum Gasteiger partial charge on any atom is -0.481 e. The molecule has 3 nitrogen and oxygen atoms in total. The van der Waals surface area contributed by atoms with Gasteiger partial charge in [0.1, 0.15) is 0 Å². The number of aliphatic carboxylic acids is 1. The Kier molecular flexibility index (Phi) is 6.34. The van der Waals surface area contributed by atoms with Crippen LogP contribution in [0.2, 0.25) is 0 Å². The van der Waals surface area contributed by atoms with Gasteiger partial charge in [0.25, 0.3) is 0 Å². The van der Waals surface area contributed by atoms with Crippen molar-refractivity contribution >= 4 is 23.1 Å². The normalized spacial score (nSPS) is 10.5. The van der Waals surface area contributed by atoms with Gasteiger partial charge in [-0.15, -0.1) is 11.3 Å². The molecule has 0 aliphatic heterocycles. The first-order valence-electron chi connectivity index (χ1n) is 7.53. The highest BCUT2D eigenvalue weighted by Crippen LogP contribution is 2.21. The third kappa shape index (κ3) is 5.45. The molecule has 4 heteroatoms. The molecule has 0 saturated heterocycles. The summed E-state index contributed by atoms with van der Waals surface area (Å²) < 4.78 is 0. The fourth-order valence-electron chi connectivity index (χ4n) is 2.30. The number of carboxylic acids is 1. The number of benzene rings is 1. The van der Waals surface area contributed by atoms with Gasteiger partial charge in [-0.25, -0.2) is 0 Å². The molecule has 0 spiro atoms. The standard InChI is InChI=1S/C18H20O3S/c19-16(10-5-11-18(20)21)17-13-12-15(22-17)9-4-8-14-6-2-1-3-7-14/h1-3,6-7,12-13H,4-5,8-11H2,(H,20,21). The molecule has 0 saturated carbocycles. The van der Waals surface area contributed by atoms with Gasteiger partial charge in [0, 0.05) is 17.7 Å².